The minimum atomic E-state index is -3.19. The summed E-state index contributed by atoms with van der Waals surface area (Å²) in [6.07, 6.45) is 1.49. The zero-order chi connectivity index (χ0) is 14.8. The first-order chi connectivity index (χ1) is 9.49. The van der Waals surface area contributed by atoms with E-state index in [-0.39, 0.29) is 5.75 Å². The highest BCUT2D eigenvalue weighted by Crippen LogP contribution is 2.31. The van der Waals surface area contributed by atoms with Crippen LogP contribution in [0.1, 0.15) is 6.92 Å². The van der Waals surface area contributed by atoms with Gasteiger partial charge in [-0.1, -0.05) is 18.5 Å². The van der Waals surface area contributed by atoms with Gasteiger partial charge in [0.15, 0.2) is 15.7 Å². The molecule has 9 heteroatoms. The van der Waals surface area contributed by atoms with Gasteiger partial charge in [-0.15, -0.1) is 0 Å². The summed E-state index contributed by atoms with van der Waals surface area (Å²) in [5, 5.41) is 2.63. The van der Waals surface area contributed by atoms with Crippen molar-refractivity contribution in [3.05, 3.63) is 11.2 Å². The van der Waals surface area contributed by atoms with Gasteiger partial charge in [0.05, 0.1) is 6.20 Å². The number of anilines is 2. The summed E-state index contributed by atoms with van der Waals surface area (Å²) < 4.78 is 24.5. The van der Waals surface area contributed by atoms with Crippen LogP contribution in [-0.2, 0) is 9.84 Å². The van der Waals surface area contributed by atoms with E-state index in [1.807, 2.05) is 0 Å². The average Bonchev–Trinajstić information content (AvgIpc) is 2.48. The van der Waals surface area contributed by atoms with Crippen LogP contribution in [0.4, 0.5) is 11.8 Å². The predicted octanol–water partition coefficient (Wildman–Crippen LogP) is 1.49. The topological polar surface area (TPSA) is 75.2 Å². The van der Waals surface area contributed by atoms with Crippen molar-refractivity contribution < 1.29 is 8.42 Å². The highest BCUT2D eigenvalue weighted by atomic mass is 35.5. The Balaban J connectivity index is 2.42. The number of hydrogen-bond donors (Lipinski definition) is 1. The third-order valence-electron chi connectivity index (χ3n) is 3.12. The molecule has 1 aromatic heterocycles. The zero-order valence-corrected chi connectivity index (χ0v) is 13.7. The Kier molecular flexibility index (Phi) is 4.98. The van der Waals surface area contributed by atoms with Crippen LogP contribution in [0.3, 0.4) is 0 Å². The molecule has 0 saturated carbocycles. The maximum absolute atomic E-state index is 12.2. The first-order valence-corrected chi connectivity index (χ1v) is 9.50. The minimum absolute atomic E-state index is 0.107. The Hall–Kier alpha value is -0.730. The fourth-order valence-corrected chi connectivity index (χ4v) is 5.16. The Bertz CT molecular complexity index is 582. The third-order valence-corrected chi connectivity index (χ3v) is 6.68. The molecule has 1 aromatic rings. The molecule has 1 N–H and O–H groups in total. The summed E-state index contributed by atoms with van der Waals surface area (Å²) in [7, 11) is -1.48. The highest BCUT2D eigenvalue weighted by molar-refractivity contribution is 8.01. The SMILES string of the molecule is CCS(=O)(=O)C1CSCCN1c1nc(NC)ncc1Cl. The lowest BCUT2D eigenvalue weighted by Crippen LogP contribution is -2.48. The quantitative estimate of drug-likeness (QED) is 0.892. The summed E-state index contributed by atoms with van der Waals surface area (Å²) in [5.74, 6) is 2.40. The predicted molar refractivity (Wildman–Crippen MR) is 84.5 cm³/mol. The zero-order valence-electron chi connectivity index (χ0n) is 11.3. The Labute approximate surface area is 128 Å². The van der Waals surface area contributed by atoms with Gasteiger partial charge in [-0.3, -0.25) is 0 Å². The molecule has 0 radical (unpaired) electrons. The number of aromatic nitrogens is 2. The van der Waals surface area contributed by atoms with Gasteiger partial charge >= 0.3 is 0 Å². The molecule has 0 amide bonds. The second-order valence-corrected chi connectivity index (χ2v) is 8.29. The van der Waals surface area contributed by atoms with Crippen LogP contribution >= 0.6 is 23.4 Å². The molecule has 112 valence electrons. The number of nitrogens with one attached hydrogen (secondary N) is 1. The maximum Gasteiger partial charge on any atom is 0.224 e. The lowest BCUT2D eigenvalue weighted by Gasteiger charge is -2.35. The van der Waals surface area contributed by atoms with E-state index < -0.39 is 15.2 Å². The van der Waals surface area contributed by atoms with E-state index in [4.69, 9.17) is 11.6 Å². The third kappa shape index (κ3) is 3.12. The molecule has 0 spiro atoms. The van der Waals surface area contributed by atoms with Crippen LogP contribution in [0.15, 0.2) is 6.20 Å². The molecular weight excluding hydrogens is 320 g/mol. The second kappa shape index (κ2) is 6.36. The number of sulfone groups is 1. The van der Waals surface area contributed by atoms with Gasteiger partial charge in [-0.05, 0) is 0 Å². The molecule has 0 aromatic carbocycles. The van der Waals surface area contributed by atoms with Crippen molar-refractivity contribution >= 4 is 45.0 Å². The Morgan fingerprint density at radius 3 is 3.00 bits per heavy atom. The van der Waals surface area contributed by atoms with E-state index in [0.717, 1.165) is 5.75 Å². The van der Waals surface area contributed by atoms with Gasteiger partial charge in [0.25, 0.3) is 0 Å². The molecule has 0 aliphatic carbocycles. The molecule has 2 heterocycles. The lowest BCUT2D eigenvalue weighted by molar-refractivity contribution is 0.579. The van der Waals surface area contributed by atoms with Crippen LogP contribution in [0.5, 0.6) is 0 Å². The van der Waals surface area contributed by atoms with Crippen molar-refractivity contribution in [1.29, 1.82) is 0 Å². The first kappa shape index (κ1) is 15.7. The standard InChI is InChI=1S/C11H17ClN4O2S2/c1-3-20(17,18)9-7-19-5-4-16(9)10-8(12)6-14-11(13-2)15-10/h6,9H,3-5,7H2,1-2H3,(H,13,14,15). The lowest BCUT2D eigenvalue weighted by atomic mass is 10.4. The van der Waals surface area contributed by atoms with Crippen molar-refractivity contribution in [2.75, 3.05) is 41.1 Å². The minimum Gasteiger partial charge on any atom is -0.357 e. The van der Waals surface area contributed by atoms with Gasteiger partial charge in [0.2, 0.25) is 5.95 Å². The molecule has 1 saturated heterocycles. The summed E-state index contributed by atoms with van der Waals surface area (Å²) >= 11 is 7.79. The maximum atomic E-state index is 12.2. The molecular formula is C11H17ClN4O2S2. The van der Waals surface area contributed by atoms with Crippen LogP contribution in [0.2, 0.25) is 5.02 Å². The average molecular weight is 337 g/mol. The first-order valence-electron chi connectivity index (χ1n) is 6.26. The van der Waals surface area contributed by atoms with Crippen LogP contribution < -0.4 is 10.2 Å². The molecule has 6 nitrogen and oxygen atoms in total. The van der Waals surface area contributed by atoms with Crippen molar-refractivity contribution in [2.24, 2.45) is 0 Å². The molecule has 1 aliphatic heterocycles. The van der Waals surface area contributed by atoms with E-state index in [0.29, 0.717) is 29.1 Å². The van der Waals surface area contributed by atoms with Crippen LogP contribution in [0.25, 0.3) is 0 Å². The number of rotatable bonds is 4. The molecule has 1 atom stereocenters. The smallest absolute Gasteiger partial charge is 0.224 e. The number of nitrogens with zero attached hydrogens (tertiary/aromatic N) is 3. The van der Waals surface area contributed by atoms with Gasteiger partial charge < -0.3 is 10.2 Å². The molecule has 0 bridgehead atoms. The molecule has 1 aliphatic rings. The van der Waals surface area contributed by atoms with E-state index in [9.17, 15) is 8.42 Å². The van der Waals surface area contributed by atoms with Gasteiger partial charge in [0, 0.05) is 30.9 Å². The Morgan fingerprint density at radius 1 is 1.60 bits per heavy atom. The normalized spacial score (nSPS) is 19.9. The Morgan fingerprint density at radius 2 is 2.35 bits per heavy atom. The number of hydrogen-bond acceptors (Lipinski definition) is 7. The second-order valence-electron chi connectivity index (χ2n) is 4.29. The summed E-state index contributed by atoms with van der Waals surface area (Å²) in [5.41, 5.74) is 0. The highest BCUT2D eigenvalue weighted by Gasteiger charge is 2.34. The van der Waals surface area contributed by atoms with E-state index in [2.05, 4.69) is 15.3 Å². The van der Waals surface area contributed by atoms with Crippen molar-refractivity contribution in [1.82, 2.24) is 9.97 Å². The fraction of sp³-hybridized carbons (Fsp3) is 0.636. The van der Waals surface area contributed by atoms with Gasteiger partial charge in [0.1, 0.15) is 10.4 Å². The summed E-state index contributed by atoms with van der Waals surface area (Å²) in [6, 6.07) is 0. The van der Waals surface area contributed by atoms with E-state index in [1.54, 1.807) is 30.6 Å². The number of halogens is 1. The molecule has 20 heavy (non-hydrogen) atoms. The van der Waals surface area contributed by atoms with Crippen molar-refractivity contribution in [3.63, 3.8) is 0 Å². The molecule has 1 fully saturated rings. The fourth-order valence-electron chi connectivity index (χ4n) is 1.99. The molecule has 2 rings (SSSR count). The molecule has 1 unspecified atom stereocenters. The van der Waals surface area contributed by atoms with Crippen molar-refractivity contribution in [3.8, 4) is 0 Å². The summed E-state index contributed by atoms with van der Waals surface area (Å²) in [6.45, 7) is 2.27. The van der Waals surface area contributed by atoms with E-state index >= 15 is 0 Å². The van der Waals surface area contributed by atoms with Gasteiger partial charge in [-0.25, -0.2) is 13.4 Å². The van der Waals surface area contributed by atoms with Crippen LogP contribution in [0, 0.1) is 0 Å². The van der Waals surface area contributed by atoms with Crippen LogP contribution in [-0.4, -0.2) is 54.6 Å². The number of thioether (sulfide) groups is 1. The summed E-state index contributed by atoms with van der Waals surface area (Å²) in [4.78, 5) is 10.1. The monoisotopic (exact) mass is 336 g/mol. The van der Waals surface area contributed by atoms with E-state index in [1.165, 1.54) is 6.20 Å². The largest absolute Gasteiger partial charge is 0.357 e. The van der Waals surface area contributed by atoms with Crippen molar-refractivity contribution in [2.45, 2.75) is 12.3 Å². The van der Waals surface area contributed by atoms with Gasteiger partial charge in [-0.2, -0.15) is 16.7 Å².